The zero-order valence-electron chi connectivity index (χ0n) is 13.1. The molecule has 1 saturated heterocycles. The van der Waals surface area contributed by atoms with Crippen LogP contribution in [0.4, 0.5) is 0 Å². The van der Waals surface area contributed by atoms with Crippen LogP contribution >= 0.6 is 0 Å². The zero-order valence-corrected chi connectivity index (χ0v) is 13.1. The first-order valence-electron chi connectivity index (χ1n) is 8.10. The van der Waals surface area contributed by atoms with Gasteiger partial charge < -0.3 is 0 Å². The largest absolute Gasteiger partial charge is 0.297 e. The van der Waals surface area contributed by atoms with Gasteiger partial charge in [0, 0.05) is 39.3 Å². The van der Waals surface area contributed by atoms with Crippen LogP contribution < -0.4 is 0 Å². The third kappa shape index (κ3) is 4.55. The maximum Gasteiger partial charge on any atom is 0.0234 e. The van der Waals surface area contributed by atoms with Crippen LogP contribution in [0.5, 0.6) is 0 Å². The fraction of sp³-hybridized carbons (Fsp3) is 0.300. The van der Waals surface area contributed by atoms with E-state index < -0.39 is 0 Å². The van der Waals surface area contributed by atoms with Crippen LogP contribution in [0.25, 0.3) is 6.08 Å². The first kappa shape index (κ1) is 15.0. The van der Waals surface area contributed by atoms with Gasteiger partial charge >= 0.3 is 0 Å². The summed E-state index contributed by atoms with van der Waals surface area (Å²) in [5.41, 5.74) is 2.70. The van der Waals surface area contributed by atoms with Crippen molar-refractivity contribution in [3.05, 3.63) is 77.9 Å². The summed E-state index contributed by atoms with van der Waals surface area (Å²) in [6.07, 6.45) is 4.50. The zero-order chi connectivity index (χ0) is 15.0. The van der Waals surface area contributed by atoms with Gasteiger partial charge in [-0.2, -0.15) is 0 Å². The number of piperazine rings is 1. The molecule has 0 amide bonds. The lowest BCUT2D eigenvalue weighted by atomic mass is 10.2. The Labute approximate surface area is 133 Å². The van der Waals surface area contributed by atoms with Crippen molar-refractivity contribution in [2.24, 2.45) is 0 Å². The molecule has 1 fully saturated rings. The molecule has 0 unspecified atom stereocenters. The number of nitrogens with zero attached hydrogens (tertiary/aromatic N) is 2. The fourth-order valence-corrected chi connectivity index (χ4v) is 2.87. The summed E-state index contributed by atoms with van der Waals surface area (Å²) in [5, 5.41) is 0. The molecule has 2 nitrogen and oxygen atoms in total. The lowest BCUT2D eigenvalue weighted by Gasteiger charge is -2.34. The second-order valence-electron chi connectivity index (χ2n) is 5.88. The standard InChI is InChI=1S/C20H24N2/c1-3-8-19(9-4-1)12-7-13-21-14-16-22(17-15-21)18-20-10-5-2-6-11-20/h1-12H,13-18H2/b12-7+. The van der Waals surface area contributed by atoms with E-state index in [-0.39, 0.29) is 0 Å². The molecule has 0 radical (unpaired) electrons. The molecule has 1 aliphatic rings. The van der Waals surface area contributed by atoms with Crippen LogP contribution in [0, 0.1) is 0 Å². The lowest BCUT2D eigenvalue weighted by molar-refractivity contribution is 0.137. The van der Waals surface area contributed by atoms with Crippen molar-refractivity contribution < 1.29 is 0 Å². The summed E-state index contributed by atoms with van der Waals surface area (Å²) in [5.74, 6) is 0. The van der Waals surface area contributed by atoms with Gasteiger partial charge in [0.1, 0.15) is 0 Å². The van der Waals surface area contributed by atoms with Crippen molar-refractivity contribution in [2.75, 3.05) is 32.7 Å². The normalized spacial score (nSPS) is 17.1. The minimum Gasteiger partial charge on any atom is -0.297 e. The van der Waals surface area contributed by atoms with Gasteiger partial charge in [0.25, 0.3) is 0 Å². The highest BCUT2D eigenvalue weighted by molar-refractivity contribution is 5.48. The van der Waals surface area contributed by atoms with E-state index in [9.17, 15) is 0 Å². The quantitative estimate of drug-likeness (QED) is 0.832. The lowest BCUT2D eigenvalue weighted by Crippen LogP contribution is -2.45. The maximum atomic E-state index is 2.55. The summed E-state index contributed by atoms with van der Waals surface area (Å²) in [6, 6.07) is 21.3. The monoisotopic (exact) mass is 292 g/mol. The Morgan fingerprint density at radius 2 is 1.32 bits per heavy atom. The van der Waals surface area contributed by atoms with Crippen molar-refractivity contribution in [1.82, 2.24) is 9.80 Å². The van der Waals surface area contributed by atoms with Crippen molar-refractivity contribution in [1.29, 1.82) is 0 Å². The Kier molecular flexibility index (Phi) is 5.41. The Hall–Kier alpha value is -1.90. The third-order valence-corrected chi connectivity index (χ3v) is 4.19. The minimum atomic E-state index is 1.05. The van der Waals surface area contributed by atoms with Gasteiger partial charge in [-0.3, -0.25) is 9.80 Å². The van der Waals surface area contributed by atoms with Gasteiger partial charge in [-0.1, -0.05) is 72.8 Å². The van der Waals surface area contributed by atoms with E-state index in [0.717, 1.165) is 39.3 Å². The summed E-state index contributed by atoms with van der Waals surface area (Å²) >= 11 is 0. The average Bonchev–Trinajstić information content (AvgIpc) is 2.58. The molecule has 1 aliphatic heterocycles. The van der Waals surface area contributed by atoms with Crippen LogP contribution in [-0.4, -0.2) is 42.5 Å². The van der Waals surface area contributed by atoms with Crippen LogP contribution in [-0.2, 0) is 6.54 Å². The number of hydrogen-bond donors (Lipinski definition) is 0. The summed E-state index contributed by atoms with van der Waals surface area (Å²) < 4.78 is 0. The van der Waals surface area contributed by atoms with Gasteiger partial charge in [-0.15, -0.1) is 0 Å². The number of benzene rings is 2. The molecular formula is C20H24N2. The molecule has 0 aromatic heterocycles. The first-order valence-corrected chi connectivity index (χ1v) is 8.10. The van der Waals surface area contributed by atoms with Gasteiger partial charge in [0.2, 0.25) is 0 Å². The summed E-state index contributed by atoms with van der Waals surface area (Å²) in [4.78, 5) is 5.08. The molecule has 0 atom stereocenters. The number of hydrogen-bond acceptors (Lipinski definition) is 2. The molecule has 2 aromatic carbocycles. The Morgan fingerprint density at radius 3 is 2.00 bits per heavy atom. The van der Waals surface area contributed by atoms with Crippen LogP contribution in [0.1, 0.15) is 11.1 Å². The van der Waals surface area contributed by atoms with Crippen molar-refractivity contribution in [3.8, 4) is 0 Å². The molecule has 22 heavy (non-hydrogen) atoms. The molecule has 0 N–H and O–H groups in total. The molecule has 3 rings (SSSR count). The Bertz CT molecular complexity index is 569. The molecule has 114 valence electrons. The second-order valence-corrected chi connectivity index (χ2v) is 5.88. The highest BCUT2D eigenvalue weighted by atomic mass is 15.3. The van der Waals surface area contributed by atoms with Gasteiger partial charge in [-0.25, -0.2) is 0 Å². The minimum absolute atomic E-state index is 1.05. The van der Waals surface area contributed by atoms with E-state index in [1.807, 2.05) is 0 Å². The first-order chi connectivity index (χ1) is 10.9. The predicted molar refractivity (Wildman–Crippen MR) is 93.6 cm³/mol. The second kappa shape index (κ2) is 7.92. The van der Waals surface area contributed by atoms with Crippen molar-refractivity contribution >= 4 is 6.08 Å². The van der Waals surface area contributed by atoms with Crippen LogP contribution in [0.15, 0.2) is 66.7 Å². The molecule has 2 aromatic rings. The van der Waals surface area contributed by atoms with E-state index in [4.69, 9.17) is 0 Å². The van der Waals surface area contributed by atoms with Crippen molar-refractivity contribution in [2.45, 2.75) is 6.54 Å². The Balaban J connectivity index is 1.41. The SMILES string of the molecule is C(=C\c1ccccc1)/CN1CCN(Cc2ccccc2)CC1. The molecular weight excluding hydrogens is 268 g/mol. The van der Waals surface area contributed by atoms with E-state index >= 15 is 0 Å². The summed E-state index contributed by atoms with van der Waals surface area (Å²) in [7, 11) is 0. The van der Waals surface area contributed by atoms with Crippen molar-refractivity contribution in [3.63, 3.8) is 0 Å². The Morgan fingerprint density at radius 1 is 0.727 bits per heavy atom. The van der Waals surface area contributed by atoms with E-state index in [0.29, 0.717) is 0 Å². The predicted octanol–water partition coefficient (Wildman–Crippen LogP) is 3.52. The molecule has 0 aliphatic carbocycles. The molecule has 2 heteroatoms. The van der Waals surface area contributed by atoms with Crippen LogP contribution in [0.2, 0.25) is 0 Å². The van der Waals surface area contributed by atoms with E-state index in [2.05, 4.69) is 82.6 Å². The van der Waals surface area contributed by atoms with E-state index in [1.54, 1.807) is 0 Å². The molecule has 0 spiro atoms. The maximum absolute atomic E-state index is 2.55. The highest BCUT2D eigenvalue weighted by Gasteiger charge is 2.15. The average molecular weight is 292 g/mol. The molecule has 0 bridgehead atoms. The van der Waals surface area contributed by atoms with E-state index in [1.165, 1.54) is 11.1 Å². The van der Waals surface area contributed by atoms with Gasteiger partial charge in [0.15, 0.2) is 0 Å². The topological polar surface area (TPSA) is 6.48 Å². The number of rotatable bonds is 5. The summed E-state index contributed by atoms with van der Waals surface area (Å²) in [6.45, 7) is 6.77. The van der Waals surface area contributed by atoms with Crippen LogP contribution in [0.3, 0.4) is 0 Å². The fourth-order valence-electron chi connectivity index (χ4n) is 2.87. The molecule has 0 saturated carbocycles. The molecule has 1 heterocycles. The smallest absolute Gasteiger partial charge is 0.0234 e. The van der Waals surface area contributed by atoms with Gasteiger partial charge in [0.05, 0.1) is 0 Å². The highest BCUT2D eigenvalue weighted by Crippen LogP contribution is 2.09. The third-order valence-electron chi connectivity index (χ3n) is 4.19. The van der Waals surface area contributed by atoms with Gasteiger partial charge in [-0.05, 0) is 11.1 Å².